The van der Waals surface area contributed by atoms with Gasteiger partial charge in [-0.25, -0.2) is 0 Å². The molecule has 0 saturated carbocycles. The standard InChI is InChI=1S/C6H7/c1-3-5-6-4-2/h1,4-6H,2H3/b6-5+. The molecule has 0 aromatic carbocycles. The highest BCUT2D eigenvalue weighted by Crippen LogP contribution is 1.72. The SMILES string of the molecule is C#C/C=C/[CH]C. The predicted molar refractivity (Wildman–Crippen MR) is 27.9 cm³/mol. The molecule has 1 radical (unpaired) electrons. The van der Waals surface area contributed by atoms with E-state index in [1.807, 2.05) is 19.4 Å². The Bertz CT molecular complexity index is 72.5. The molecule has 0 unspecified atom stereocenters. The molecule has 0 aliphatic heterocycles. The molecule has 0 nitrogen and oxygen atoms in total. The molecule has 0 aromatic rings. The van der Waals surface area contributed by atoms with Crippen LogP contribution in [0.5, 0.6) is 0 Å². The van der Waals surface area contributed by atoms with E-state index >= 15 is 0 Å². The Morgan fingerprint density at radius 2 is 2.33 bits per heavy atom. The van der Waals surface area contributed by atoms with Crippen molar-refractivity contribution in [2.45, 2.75) is 6.92 Å². The number of hydrogen-bond donors (Lipinski definition) is 0. The summed E-state index contributed by atoms with van der Waals surface area (Å²) in [6, 6.07) is 0. The van der Waals surface area contributed by atoms with Crippen LogP contribution in [0, 0.1) is 18.8 Å². The van der Waals surface area contributed by atoms with Crippen molar-refractivity contribution in [1.29, 1.82) is 0 Å². The van der Waals surface area contributed by atoms with Gasteiger partial charge in [0, 0.05) is 0 Å². The molecular formula is C6H7. The van der Waals surface area contributed by atoms with Crippen molar-refractivity contribution in [3.8, 4) is 12.3 Å². The van der Waals surface area contributed by atoms with Crippen molar-refractivity contribution in [2.24, 2.45) is 0 Å². The fraction of sp³-hybridized carbons (Fsp3) is 0.167. The molecule has 0 spiro atoms. The molecule has 0 aliphatic rings. The zero-order valence-corrected chi connectivity index (χ0v) is 3.81. The summed E-state index contributed by atoms with van der Waals surface area (Å²) >= 11 is 0. The molecule has 0 heterocycles. The number of rotatable bonds is 1. The van der Waals surface area contributed by atoms with Crippen LogP contribution in [0.1, 0.15) is 6.92 Å². The van der Waals surface area contributed by atoms with E-state index in [1.54, 1.807) is 6.08 Å². The van der Waals surface area contributed by atoms with Gasteiger partial charge in [-0.3, -0.25) is 0 Å². The topological polar surface area (TPSA) is 0 Å². The van der Waals surface area contributed by atoms with Crippen molar-refractivity contribution in [2.75, 3.05) is 0 Å². The van der Waals surface area contributed by atoms with Crippen LogP contribution in [0.2, 0.25) is 0 Å². The summed E-state index contributed by atoms with van der Waals surface area (Å²) in [4.78, 5) is 0. The minimum Gasteiger partial charge on any atom is -0.115 e. The molecule has 0 amide bonds. The molecule has 0 atom stereocenters. The zero-order chi connectivity index (χ0) is 4.83. The lowest BCUT2D eigenvalue weighted by Crippen LogP contribution is -1.48. The Morgan fingerprint density at radius 1 is 1.67 bits per heavy atom. The lowest BCUT2D eigenvalue weighted by molar-refractivity contribution is 1.56. The van der Waals surface area contributed by atoms with Crippen molar-refractivity contribution < 1.29 is 0 Å². The second-order valence-corrected chi connectivity index (χ2v) is 0.859. The fourth-order valence-electron chi connectivity index (χ4n) is 0.152. The van der Waals surface area contributed by atoms with Gasteiger partial charge in [0.2, 0.25) is 0 Å². The van der Waals surface area contributed by atoms with Crippen LogP contribution >= 0.6 is 0 Å². The maximum absolute atomic E-state index is 4.86. The minimum atomic E-state index is 1.65. The van der Waals surface area contributed by atoms with E-state index < -0.39 is 0 Å². The van der Waals surface area contributed by atoms with Gasteiger partial charge in [-0.2, -0.15) is 0 Å². The van der Waals surface area contributed by atoms with Gasteiger partial charge in [-0.05, 0) is 12.5 Å². The van der Waals surface area contributed by atoms with E-state index in [4.69, 9.17) is 6.42 Å². The molecule has 0 bridgehead atoms. The summed E-state index contributed by atoms with van der Waals surface area (Å²) in [5.74, 6) is 2.36. The van der Waals surface area contributed by atoms with E-state index in [0.717, 1.165) is 0 Å². The van der Waals surface area contributed by atoms with Crippen LogP contribution in [-0.2, 0) is 0 Å². The monoisotopic (exact) mass is 79.1 g/mol. The molecule has 0 rings (SSSR count). The largest absolute Gasteiger partial charge is 0.115 e. The van der Waals surface area contributed by atoms with Crippen molar-refractivity contribution in [1.82, 2.24) is 0 Å². The van der Waals surface area contributed by atoms with Crippen molar-refractivity contribution in [3.05, 3.63) is 18.6 Å². The molecule has 0 heteroatoms. The first-order valence-electron chi connectivity index (χ1n) is 1.82. The summed E-state index contributed by atoms with van der Waals surface area (Å²) in [6.07, 6.45) is 10.2. The Kier molecular flexibility index (Phi) is 3.80. The molecule has 0 aromatic heterocycles. The molecule has 0 aliphatic carbocycles. The second kappa shape index (κ2) is 4.30. The van der Waals surface area contributed by atoms with E-state index in [1.165, 1.54) is 0 Å². The Hall–Kier alpha value is -0.700. The summed E-state index contributed by atoms with van der Waals surface area (Å²) in [6.45, 7) is 1.92. The van der Waals surface area contributed by atoms with Gasteiger partial charge in [0.15, 0.2) is 0 Å². The molecular weight excluding hydrogens is 72.1 g/mol. The van der Waals surface area contributed by atoms with E-state index in [0.29, 0.717) is 0 Å². The van der Waals surface area contributed by atoms with Crippen LogP contribution < -0.4 is 0 Å². The average Bonchev–Trinajstić information content (AvgIpc) is 1.61. The zero-order valence-electron chi connectivity index (χ0n) is 3.81. The Morgan fingerprint density at radius 3 is 2.50 bits per heavy atom. The fourth-order valence-corrected chi connectivity index (χ4v) is 0.152. The number of hydrogen-bond acceptors (Lipinski definition) is 0. The first-order chi connectivity index (χ1) is 2.91. The molecule has 6 heavy (non-hydrogen) atoms. The number of terminal acetylenes is 1. The highest BCUT2D eigenvalue weighted by atomic mass is 13.6. The Labute approximate surface area is 38.9 Å². The van der Waals surface area contributed by atoms with Gasteiger partial charge < -0.3 is 0 Å². The average molecular weight is 79.1 g/mol. The van der Waals surface area contributed by atoms with Gasteiger partial charge >= 0.3 is 0 Å². The molecule has 0 saturated heterocycles. The van der Waals surface area contributed by atoms with Crippen LogP contribution in [0.4, 0.5) is 0 Å². The van der Waals surface area contributed by atoms with Crippen LogP contribution in [-0.4, -0.2) is 0 Å². The third-order valence-corrected chi connectivity index (χ3v) is 0.385. The van der Waals surface area contributed by atoms with Crippen molar-refractivity contribution >= 4 is 0 Å². The number of allylic oxidation sites excluding steroid dienone is 2. The lowest BCUT2D eigenvalue weighted by Gasteiger charge is -1.64. The summed E-state index contributed by atoms with van der Waals surface area (Å²) in [5, 5.41) is 0. The highest BCUT2D eigenvalue weighted by Gasteiger charge is 1.56. The Balaban J connectivity index is 3.02. The highest BCUT2D eigenvalue weighted by molar-refractivity contribution is 5.11. The first-order valence-corrected chi connectivity index (χ1v) is 1.82. The lowest BCUT2D eigenvalue weighted by atomic mass is 10.4. The maximum Gasteiger partial charge on any atom is -0.0159 e. The smallest absolute Gasteiger partial charge is 0.0159 e. The van der Waals surface area contributed by atoms with Crippen LogP contribution in [0.15, 0.2) is 12.2 Å². The van der Waals surface area contributed by atoms with Crippen LogP contribution in [0.25, 0.3) is 0 Å². The van der Waals surface area contributed by atoms with Gasteiger partial charge in [-0.15, -0.1) is 6.42 Å². The van der Waals surface area contributed by atoms with Crippen molar-refractivity contribution in [3.63, 3.8) is 0 Å². The predicted octanol–water partition coefficient (Wildman–Crippen LogP) is 1.40. The van der Waals surface area contributed by atoms with Gasteiger partial charge in [-0.1, -0.05) is 18.9 Å². The second-order valence-electron chi connectivity index (χ2n) is 0.859. The summed E-state index contributed by atoms with van der Waals surface area (Å²) in [5.41, 5.74) is 0. The maximum atomic E-state index is 4.86. The normalized spacial score (nSPS) is 8.67. The van der Waals surface area contributed by atoms with Gasteiger partial charge in [0.1, 0.15) is 0 Å². The summed E-state index contributed by atoms with van der Waals surface area (Å²) in [7, 11) is 0. The summed E-state index contributed by atoms with van der Waals surface area (Å²) < 4.78 is 0. The molecule has 31 valence electrons. The van der Waals surface area contributed by atoms with E-state index in [9.17, 15) is 0 Å². The third-order valence-electron chi connectivity index (χ3n) is 0.385. The van der Waals surface area contributed by atoms with Crippen LogP contribution in [0.3, 0.4) is 0 Å². The van der Waals surface area contributed by atoms with Gasteiger partial charge in [0.25, 0.3) is 0 Å². The first kappa shape index (κ1) is 5.30. The molecule has 0 fully saturated rings. The van der Waals surface area contributed by atoms with E-state index in [2.05, 4.69) is 5.92 Å². The van der Waals surface area contributed by atoms with E-state index in [-0.39, 0.29) is 0 Å². The van der Waals surface area contributed by atoms with Gasteiger partial charge in [0.05, 0.1) is 0 Å². The quantitative estimate of drug-likeness (QED) is 0.417. The minimum absolute atomic E-state index is 1.65. The molecule has 0 N–H and O–H groups in total. The third kappa shape index (κ3) is 3.30.